The average Bonchev–Trinajstić information content (AvgIpc) is 2.46. The number of carbonyl (C=O) groups excluding carboxylic acids is 1. The highest BCUT2D eigenvalue weighted by Crippen LogP contribution is 2.16. The lowest BCUT2D eigenvalue weighted by Crippen LogP contribution is -2.29. The van der Waals surface area contributed by atoms with Gasteiger partial charge < -0.3 is 4.74 Å². The topological polar surface area (TPSA) is 61.8 Å². The maximum atomic E-state index is 11.6. The monoisotopic (exact) mass is 234 g/mol. The molecular formula is C5H5F3O5S. The second kappa shape index (κ2) is 4.24. The minimum atomic E-state index is -4.59. The summed E-state index contributed by atoms with van der Waals surface area (Å²) in [4.78, 5) is 10.8. The van der Waals surface area contributed by atoms with Crippen LogP contribution in [0, 0.1) is 0 Å². The van der Waals surface area contributed by atoms with Crippen LogP contribution in [0.1, 0.15) is 0 Å². The molecule has 2 unspecified atom stereocenters. The highest BCUT2D eigenvalue weighted by molar-refractivity contribution is 7.75. The van der Waals surface area contributed by atoms with Gasteiger partial charge in [-0.15, -0.1) is 0 Å². The molecule has 0 saturated carbocycles. The van der Waals surface area contributed by atoms with Crippen LogP contribution < -0.4 is 0 Å². The van der Waals surface area contributed by atoms with Gasteiger partial charge in [0.15, 0.2) is 12.7 Å². The van der Waals surface area contributed by atoms with E-state index in [1.807, 2.05) is 0 Å². The first-order chi connectivity index (χ1) is 6.38. The predicted octanol–water partition coefficient (Wildman–Crippen LogP) is 0.0860. The van der Waals surface area contributed by atoms with Crippen LogP contribution in [0.4, 0.5) is 13.2 Å². The van der Waals surface area contributed by atoms with Crippen molar-refractivity contribution in [3.63, 3.8) is 0 Å². The second-order valence-corrected chi connectivity index (χ2v) is 3.13. The Balaban J connectivity index is 2.32. The highest BCUT2D eigenvalue weighted by Gasteiger charge is 2.35. The van der Waals surface area contributed by atoms with Crippen LogP contribution in [-0.4, -0.2) is 35.7 Å². The maximum absolute atomic E-state index is 11.6. The summed E-state index contributed by atoms with van der Waals surface area (Å²) in [6, 6.07) is 0. The van der Waals surface area contributed by atoms with Crippen LogP contribution in [0.15, 0.2) is 0 Å². The van der Waals surface area contributed by atoms with Gasteiger partial charge in [-0.2, -0.15) is 17.4 Å². The summed E-state index contributed by atoms with van der Waals surface area (Å²) in [6.07, 6.45) is -5.94. The lowest BCUT2D eigenvalue weighted by Gasteiger charge is -2.09. The van der Waals surface area contributed by atoms with E-state index in [1.54, 1.807) is 0 Å². The van der Waals surface area contributed by atoms with Crippen molar-refractivity contribution >= 4 is 17.3 Å². The standard InChI is InChI=1S/C5H5F3O5S/c6-5(7,8)2-11-4(9)3-1-12-14(10)13-3/h3H,1-2H2. The summed E-state index contributed by atoms with van der Waals surface area (Å²) < 4.78 is 57.5. The number of hydrogen-bond donors (Lipinski definition) is 0. The van der Waals surface area contributed by atoms with Gasteiger partial charge in [0.2, 0.25) is 0 Å². The molecule has 5 nitrogen and oxygen atoms in total. The molecule has 0 aliphatic carbocycles. The summed E-state index contributed by atoms with van der Waals surface area (Å²) in [5.41, 5.74) is 0. The van der Waals surface area contributed by atoms with E-state index < -0.39 is 36.2 Å². The number of ether oxygens (including phenoxy) is 1. The fourth-order valence-corrected chi connectivity index (χ4v) is 1.24. The van der Waals surface area contributed by atoms with E-state index in [-0.39, 0.29) is 6.61 Å². The molecule has 1 aliphatic rings. The molecule has 9 heteroatoms. The summed E-state index contributed by atoms with van der Waals surface area (Å²) in [7, 11) is 0. The van der Waals surface area contributed by atoms with Gasteiger partial charge in [0.25, 0.3) is 0 Å². The minimum absolute atomic E-state index is 0.372. The van der Waals surface area contributed by atoms with E-state index in [0.717, 1.165) is 0 Å². The van der Waals surface area contributed by atoms with Gasteiger partial charge in [-0.25, -0.2) is 4.79 Å². The predicted molar refractivity (Wildman–Crippen MR) is 36.0 cm³/mol. The van der Waals surface area contributed by atoms with Gasteiger partial charge in [-0.3, -0.25) is 8.37 Å². The fourth-order valence-electron chi connectivity index (χ4n) is 0.621. The number of hydrogen-bond acceptors (Lipinski definition) is 5. The smallest absolute Gasteiger partial charge is 0.422 e. The number of rotatable bonds is 2. The van der Waals surface area contributed by atoms with Crippen LogP contribution in [0.5, 0.6) is 0 Å². The maximum Gasteiger partial charge on any atom is 0.422 e. The zero-order valence-corrected chi connectivity index (χ0v) is 7.39. The first-order valence-electron chi connectivity index (χ1n) is 3.34. The Bertz CT molecular complexity index is 252. The van der Waals surface area contributed by atoms with Crippen molar-refractivity contribution in [2.75, 3.05) is 13.2 Å². The van der Waals surface area contributed by atoms with Crippen molar-refractivity contribution in [3.05, 3.63) is 0 Å². The quantitative estimate of drug-likeness (QED) is 0.633. The SMILES string of the molecule is O=C(OCC(F)(F)F)C1COS(=O)O1. The van der Waals surface area contributed by atoms with Gasteiger partial charge in [0, 0.05) is 0 Å². The minimum Gasteiger partial charge on any atom is -0.454 e. The van der Waals surface area contributed by atoms with E-state index in [2.05, 4.69) is 13.1 Å². The third-order valence-electron chi connectivity index (χ3n) is 1.15. The third kappa shape index (κ3) is 3.60. The Labute approximate surface area is 79.0 Å². The van der Waals surface area contributed by atoms with Crippen molar-refractivity contribution < 1.29 is 35.3 Å². The first kappa shape index (κ1) is 11.4. The summed E-state index contributed by atoms with van der Waals surface area (Å²) in [5.74, 6) is -1.24. The largest absolute Gasteiger partial charge is 0.454 e. The average molecular weight is 234 g/mol. The van der Waals surface area contributed by atoms with Crippen LogP contribution >= 0.6 is 0 Å². The zero-order chi connectivity index (χ0) is 10.8. The Morgan fingerprint density at radius 2 is 2.21 bits per heavy atom. The normalized spacial score (nSPS) is 27.6. The van der Waals surface area contributed by atoms with Gasteiger partial charge in [0.1, 0.15) is 6.61 Å². The van der Waals surface area contributed by atoms with E-state index >= 15 is 0 Å². The molecule has 1 heterocycles. The third-order valence-corrected chi connectivity index (χ3v) is 1.87. The molecule has 0 N–H and O–H groups in total. The van der Waals surface area contributed by atoms with E-state index in [4.69, 9.17) is 0 Å². The molecule has 0 aromatic carbocycles. The van der Waals surface area contributed by atoms with Gasteiger partial charge in [-0.05, 0) is 0 Å². The van der Waals surface area contributed by atoms with Crippen LogP contribution in [0.25, 0.3) is 0 Å². The van der Waals surface area contributed by atoms with Crippen LogP contribution in [-0.2, 0) is 29.3 Å². The lowest BCUT2D eigenvalue weighted by atomic mass is 10.4. The molecule has 0 spiro atoms. The first-order valence-corrected chi connectivity index (χ1v) is 4.34. The van der Waals surface area contributed by atoms with E-state index in [1.165, 1.54) is 0 Å². The number of carbonyl (C=O) groups is 1. The molecule has 0 aromatic rings. The van der Waals surface area contributed by atoms with Crippen LogP contribution in [0.3, 0.4) is 0 Å². The molecule has 0 radical (unpaired) electrons. The summed E-state index contributed by atoms with van der Waals surface area (Å²) in [6.45, 7) is -2.07. The molecule has 1 aliphatic heterocycles. The molecule has 1 rings (SSSR count). The molecule has 1 saturated heterocycles. The highest BCUT2D eigenvalue weighted by atomic mass is 32.2. The van der Waals surface area contributed by atoms with Gasteiger partial charge >= 0.3 is 23.5 Å². The number of halogens is 3. The van der Waals surface area contributed by atoms with Crippen molar-refractivity contribution in [2.24, 2.45) is 0 Å². The molecule has 14 heavy (non-hydrogen) atoms. The number of alkyl halides is 3. The summed E-state index contributed by atoms with van der Waals surface area (Å²) >= 11 is -2.08. The Kier molecular flexibility index (Phi) is 3.45. The molecule has 0 aromatic heterocycles. The van der Waals surface area contributed by atoms with Crippen molar-refractivity contribution in [2.45, 2.75) is 12.3 Å². The van der Waals surface area contributed by atoms with Gasteiger partial charge in [0.05, 0.1) is 0 Å². The molecule has 0 amide bonds. The lowest BCUT2D eigenvalue weighted by molar-refractivity contribution is -0.190. The molecule has 1 fully saturated rings. The van der Waals surface area contributed by atoms with E-state index in [0.29, 0.717) is 0 Å². The molecule has 82 valence electrons. The van der Waals surface area contributed by atoms with Crippen molar-refractivity contribution in [1.29, 1.82) is 0 Å². The van der Waals surface area contributed by atoms with Gasteiger partial charge in [-0.1, -0.05) is 0 Å². The van der Waals surface area contributed by atoms with Crippen LogP contribution in [0.2, 0.25) is 0 Å². The second-order valence-electron chi connectivity index (χ2n) is 2.30. The molecule has 2 atom stereocenters. The van der Waals surface area contributed by atoms with Crippen molar-refractivity contribution in [1.82, 2.24) is 0 Å². The van der Waals surface area contributed by atoms with Crippen molar-refractivity contribution in [3.8, 4) is 0 Å². The van der Waals surface area contributed by atoms with E-state index in [9.17, 15) is 22.2 Å². The Hall–Kier alpha value is -0.670. The Morgan fingerprint density at radius 1 is 1.57 bits per heavy atom. The molecular weight excluding hydrogens is 229 g/mol. The number of esters is 1. The molecule has 0 bridgehead atoms. The summed E-state index contributed by atoms with van der Waals surface area (Å²) in [5, 5.41) is 0. The fraction of sp³-hybridized carbons (Fsp3) is 0.800. The Morgan fingerprint density at radius 3 is 2.64 bits per heavy atom. The zero-order valence-electron chi connectivity index (χ0n) is 6.57.